The number of hydrogen-bond acceptors (Lipinski definition) is 2. The maximum atomic E-state index is 12.6. The van der Waals surface area contributed by atoms with Crippen molar-refractivity contribution in [3.8, 4) is 0 Å². The molecule has 0 saturated carbocycles. The largest absolute Gasteiger partial charge is 0.241 e. The SMILES string of the molecule is C.C.C.Cc1cc(F)c(C)c(F)c1.Cc1cnc(C)nc1. The van der Waals surface area contributed by atoms with Crippen molar-refractivity contribution in [2.45, 2.75) is 50.0 Å². The van der Waals surface area contributed by atoms with Gasteiger partial charge in [-0.15, -0.1) is 0 Å². The van der Waals surface area contributed by atoms with E-state index in [4.69, 9.17) is 0 Å². The zero-order valence-corrected chi connectivity index (χ0v) is 11.0. The number of halogens is 2. The van der Waals surface area contributed by atoms with Crippen LogP contribution in [0.2, 0.25) is 0 Å². The van der Waals surface area contributed by atoms with Crippen LogP contribution in [0.4, 0.5) is 8.78 Å². The molecule has 1 aromatic heterocycles. The Bertz CT molecular complexity index is 479. The minimum Gasteiger partial charge on any atom is -0.241 e. The van der Waals surface area contributed by atoms with E-state index in [1.165, 1.54) is 19.1 Å². The Balaban J connectivity index is -0.000000274. The van der Waals surface area contributed by atoms with Crippen LogP contribution in [0.15, 0.2) is 24.5 Å². The van der Waals surface area contributed by atoms with Gasteiger partial charge in [-0.2, -0.15) is 0 Å². The molecule has 1 heterocycles. The predicted molar refractivity (Wildman–Crippen MR) is 87.5 cm³/mol. The fourth-order valence-electron chi connectivity index (χ4n) is 1.23. The molecular weight excluding hydrogens is 270 g/mol. The fraction of sp³-hybridized carbons (Fsp3) is 0.412. The lowest BCUT2D eigenvalue weighted by molar-refractivity contribution is 0.566. The number of benzene rings is 1. The van der Waals surface area contributed by atoms with Gasteiger partial charge in [-0.1, -0.05) is 22.3 Å². The van der Waals surface area contributed by atoms with E-state index < -0.39 is 11.6 Å². The minimum absolute atomic E-state index is 0. The summed E-state index contributed by atoms with van der Waals surface area (Å²) >= 11 is 0. The van der Waals surface area contributed by atoms with Crippen molar-refractivity contribution >= 4 is 0 Å². The third-order valence-electron chi connectivity index (χ3n) is 2.34. The molecule has 0 amide bonds. The van der Waals surface area contributed by atoms with Gasteiger partial charge in [0.15, 0.2) is 0 Å². The Morgan fingerprint density at radius 2 is 1.10 bits per heavy atom. The second kappa shape index (κ2) is 10.9. The minimum atomic E-state index is -0.475. The van der Waals surface area contributed by atoms with Crippen molar-refractivity contribution in [2.75, 3.05) is 0 Å². The summed E-state index contributed by atoms with van der Waals surface area (Å²) in [5.41, 5.74) is 1.81. The van der Waals surface area contributed by atoms with E-state index in [1.807, 2.05) is 26.2 Å². The van der Waals surface area contributed by atoms with Crippen molar-refractivity contribution in [2.24, 2.45) is 0 Å². The van der Waals surface area contributed by atoms with Crippen LogP contribution in [0.25, 0.3) is 0 Å². The third-order valence-corrected chi connectivity index (χ3v) is 2.34. The van der Waals surface area contributed by atoms with Crippen molar-refractivity contribution in [1.82, 2.24) is 9.97 Å². The average Bonchev–Trinajstić information content (AvgIpc) is 2.31. The molecule has 0 aliphatic carbocycles. The number of rotatable bonds is 0. The van der Waals surface area contributed by atoms with Crippen LogP contribution >= 0.6 is 0 Å². The molecule has 0 spiro atoms. The maximum Gasteiger partial charge on any atom is 0.129 e. The van der Waals surface area contributed by atoms with Crippen molar-refractivity contribution in [3.05, 3.63) is 58.7 Å². The lowest BCUT2D eigenvalue weighted by atomic mass is 10.1. The Kier molecular flexibility index (Phi) is 12.5. The highest BCUT2D eigenvalue weighted by Crippen LogP contribution is 2.12. The zero-order chi connectivity index (χ0) is 13.7. The molecule has 0 saturated heterocycles. The van der Waals surface area contributed by atoms with Crippen LogP contribution in [0.3, 0.4) is 0 Å². The number of nitrogens with zero attached hydrogens (tertiary/aromatic N) is 2. The van der Waals surface area contributed by atoms with E-state index in [0.717, 1.165) is 11.4 Å². The fourth-order valence-corrected chi connectivity index (χ4v) is 1.23. The summed E-state index contributed by atoms with van der Waals surface area (Å²) in [6, 6.07) is 2.64. The number of aryl methyl sites for hydroxylation is 3. The highest BCUT2D eigenvalue weighted by Gasteiger charge is 2.02. The second-order valence-electron chi connectivity index (χ2n) is 4.16. The van der Waals surface area contributed by atoms with Gasteiger partial charge < -0.3 is 0 Å². The third kappa shape index (κ3) is 8.12. The summed E-state index contributed by atoms with van der Waals surface area (Å²) in [7, 11) is 0. The quantitative estimate of drug-likeness (QED) is 0.634. The van der Waals surface area contributed by atoms with Gasteiger partial charge in [0.25, 0.3) is 0 Å². The van der Waals surface area contributed by atoms with Gasteiger partial charge >= 0.3 is 0 Å². The van der Waals surface area contributed by atoms with Gasteiger partial charge in [-0.05, 0) is 51.0 Å². The van der Waals surface area contributed by atoms with Gasteiger partial charge in [0, 0.05) is 18.0 Å². The van der Waals surface area contributed by atoms with E-state index >= 15 is 0 Å². The molecule has 0 aliphatic rings. The summed E-state index contributed by atoms with van der Waals surface area (Å²) < 4.78 is 25.2. The molecule has 120 valence electrons. The monoisotopic (exact) mass is 298 g/mol. The first-order chi connectivity index (χ1) is 8.40. The van der Waals surface area contributed by atoms with Gasteiger partial charge in [0.05, 0.1) is 0 Å². The Morgan fingerprint density at radius 3 is 1.43 bits per heavy atom. The first-order valence-electron chi connectivity index (χ1n) is 5.57. The van der Waals surface area contributed by atoms with Gasteiger partial charge in [-0.25, -0.2) is 18.7 Å². The molecule has 0 fully saturated rings. The topological polar surface area (TPSA) is 25.8 Å². The van der Waals surface area contributed by atoms with E-state index in [-0.39, 0.29) is 27.8 Å². The highest BCUT2D eigenvalue weighted by molar-refractivity contribution is 5.23. The molecule has 2 aromatic rings. The highest BCUT2D eigenvalue weighted by atomic mass is 19.1. The predicted octanol–water partition coefficient (Wildman–Crippen LogP) is 5.58. The molecule has 0 aliphatic heterocycles. The molecule has 0 bridgehead atoms. The Labute approximate surface area is 128 Å². The number of hydrogen-bond donors (Lipinski definition) is 0. The van der Waals surface area contributed by atoms with E-state index in [0.29, 0.717) is 5.56 Å². The Morgan fingerprint density at radius 1 is 0.714 bits per heavy atom. The van der Waals surface area contributed by atoms with Crippen molar-refractivity contribution in [3.63, 3.8) is 0 Å². The summed E-state index contributed by atoms with van der Waals surface area (Å²) in [6.07, 6.45) is 3.62. The molecule has 0 N–H and O–H groups in total. The van der Waals surface area contributed by atoms with Crippen LogP contribution in [-0.4, -0.2) is 9.97 Å². The van der Waals surface area contributed by atoms with Crippen LogP contribution in [-0.2, 0) is 0 Å². The van der Waals surface area contributed by atoms with E-state index in [9.17, 15) is 8.78 Å². The smallest absolute Gasteiger partial charge is 0.129 e. The number of aromatic nitrogens is 2. The maximum absolute atomic E-state index is 12.6. The summed E-state index contributed by atoms with van der Waals surface area (Å²) in [6.45, 7) is 6.93. The molecule has 2 nitrogen and oxygen atoms in total. The first-order valence-corrected chi connectivity index (χ1v) is 5.57. The molecule has 4 heteroatoms. The lowest BCUT2D eigenvalue weighted by Crippen LogP contribution is -1.88. The van der Waals surface area contributed by atoms with E-state index in [1.54, 1.807) is 6.92 Å². The molecule has 1 aromatic carbocycles. The summed E-state index contributed by atoms with van der Waals surface area (Å²) in [5.74, 6) is -0.120. The second-order valence-corrected chi connectivity index (χ2v) is 4.16. The van der Waals surface area contributed by atoms with Gasteiger partial charge in [0.1, 0.15) is 17.5 Å². The Hall–Kier alpha value is -1.84. The van der Waals surface area contributed by atoms with Crippen LogP contribution in [0.5, 0.6) is 0 Å². The molecule has 21 heavy (non-hydrogen) atoms. The van der Waals surface area contributed by atoms with Gasteiger partial charge in [-0.3, -0.25) is 0 Å². The first kappa shape index (κ1) is 24.2. The van der Waals surface area contributed by atoms with Crippen LogP contribution < -0.4 is 0 Å². The molecule has 2 rings (SSSR count). The molecule has 0 atom stereocenters. The average molecular weight is 298 g/mol. The molecule has 0 radical (unpaired) electrons. The van der Waals surface area contributed by atoms with Gasteiger partial charge in [0.2, 0.25) is 0 Å². The van der Waals surface area contributed by atoms with Crippen molar-refractivity contribution < 1.29 is 8.78 Å². The van der Waals surface area contributed by atoms with Crippen molar-refractivity contribution in [1.29, 1.82) is 0 Å². The molecular formula is C17H28F2N2. The zero-order valence-electron chi connectivity index (χ0n) is 11.0. The normalized spacial score (nSPS) is 8.29. The summed E-state index contributed by atoms with van der Waals surface area (Å²) in [5, 5.41) is 0. The summed E-state index contributed by atoms with van der Waals surface area (Å²) in [4.78, 5) is 7.94. The van der Waals surface area contributed by atoms with E-state index in [2.05, 4.69) is 9.97 Å². The van der Waals surface area contributed by atoms with Crippen LogP contribution in [0, 0.1) is 39.3 Å². The lowest BCUT2D eigenvalue weighted by Gasteiger charge is -1.98. The molecule has 0 unspecified atom stereocenters. The van der Waals surface area contributed by atoms with Crippen LogP contribution in [0.1, 0.15) is 44.8 Å². The standard InChI is InChI=1S/C8H8F2.C6H8N2.3CH4/c1-5-3-7(9)6(2)8(10)4-5;1-5-3-7-6(2)8-4-5;;;/h3-4H,1-2H3;3-4H,1-2H3;3*1H4.